The Kier molecular flexibility index (Phi) is 12.0. The first-order valence-corrected chi connectivity index (χ1v) is 28.1. The smallest absolute Gasteiger partial charge is 0.256 e. The maximum Gasteiger partial charge on any atom is 0.256 e. The summed E-state index contributed by atoms with van der Waals surface area (Å²) in [6.45, 7) is 14.9. The van der Waals surface area contributed by atoms with Gasteiger partial charge in [0.15, 0.2) is 16.9 Å². The Morgan fingerprint density at radius 1 is 0.512 bits per heavy atom. The summed E-state index contributed by atoms with van der Waals surface area (Å²) in [5, 5.41) is 22.5. The fourth-order valence-corrected chi connectivity index (χ4v) is 11.4. The average molecular weight is 1150 g/mol. The lowest BCUT2D eigenvalue weighted by atomic mass is 9.98. The SMILES string of the molecule is [2H]C1([2H])CCN2c3ccn4ncc(c4n3)C(=C)N[C@H](C)CCc3ncc(F)cc3C21[2H].[2H]C1([2H])CCN2c3ccn4ncc(c4n3)C(=C)N[C@H](C)CCc3ncc(F)cc3[C@]21[2H].[2H]C1([2H])CCN2c3ccn4ncc(c4n3)C(=O)N[C@H](C)CCc3ncc(F)cc3[C@@]21[2H]. The van der Waals surface area contributed by atoms with E-state index in [1.54, 1.807) is 68.0 Å². The highest BCUT2D eigenvalue weighted by atomic mass is 19.1. The summed E-state index contributed by atoms with van der Waals surface area (Å²) in [5.74, 6) is -0.924. The molecule has 0 saturated carbocycles. The molecule has 0 aromatic carbocycles. The normalized spacial score (nSPS) is 28.2. The van der Waals surface area contributed by atoms with Crippen LogP contribution < -0.4 is 30.7 Å². The number of halogens is 3. The van der Waals surface area contributed by atoms with Gasteiger partial charge < -0.3 is 30.7 Å². The Morgan fingerprint density at radius 2 is 0.845 bits per heavy atom. The average Bonchev–Trinajstić information content (AvgIpc) is 1.66. The highest BCUT2D eigenvalue weighted by Gasteiger charge is 2.34. The maximum atomic E-state index is 14.3. The van der Waals surface area contributed by atoms with Crippen molar-refractivity contribution in [1.82, 2.24) is 74.7 Å². The third kappa shape index (κ3) is 10.6. The second kappa shape index (κ2) is 22.7. The number of rotatable bonds is 0. The van der Waals surface area contributed by atoms with E-state index in [4.69, 9.17) is 18.2 Å². The maximum absolute atomic E-state index is 14.3. The van der Waals surface area contributed by atoms with Gasteiger partial charge in [0.2, 0.25) is 0 Å². The topological polar surface area (TPSA) is 192 Å². The number of fused-ring (bicyclic) bond motifs is 15. The van der Waals surface area contributed by atoms with E-state index in [-0.39, 0.29) is 79.6 Å². The van der Waals surface area contributed by atoms with E-state index < -0.39 is 54.6 Å². The van der Waals surface area contributed by atoms with Gasteiger partial charge in [0.05, 0.1) is 70.5 Å². The molecule has 15 rings (SSSR count). The van der Waals surface area contributed by atoms with Crippen molar-refractivity contribution in [3.05, 3.63) is 173 Å². The molecule has 6 atom stereocenters. The Balaban J connectivity index is 0.000000127. The molecular formula is C62H67F3N18O. The van der Waals surface area contributed by atoms with Crippen LogP contribution in [0.25, 0.3) is 28.3 Å². The molecule has 0 spiro atoms. The standard InChI is InChI=1S/2C21H23FN6.C20H21FN6O/c2*1-13-5-6-18-16(10-15(22)11-23-18)19-4-3-8-27(19)20-7-9-28-21(26-20)17(12-24-28)14(2)25-13;1-12-4-5-16-14(9-13(21)10-22-16)17-3-2-7-26(17)18-6-8-27-19(25-18)15(11-23-27)20(28)24-12/h2*7,9-13,19,25H,2-6,8H2,1H3;6,8-12,17H,2-5,7H2,1H3,(H,24,28)/t13-,19?;13-,19-;12-,17+/m111/s1/i2*4D2,19D;3D2,17D. The van der Waals surface area contributed by atoms with E-state index in [9.17, 15) is 22.1 Å². The Labute approximate surface area is 496 Å². The molecule has 0 radical (unpaired) electrons. The van der Waals surface area contributed by atoms with E-state index >= 15 is 0 Å². The monoisotopic (exact) mass is 1150 g/mol. The molecule has 15 heterocycles. The van der Waals surface area contributed by atoms with E-state index in [1.165, 1.54) is 33.8 Å². The van der Waals surface area contributed by atoms with Crippen molar-refractivity contribution >= 4 is 51.7 Å². The molecule has 1 unspecified atom stereocenters. The summed E-state index contributed by atoms with van der Waals surface area (Å²) in [7, 11) is 0. The van der Waals surface area contributed by atoms with Gasteiger partial charge in [-0.05, 0) is 151 Å². The largest absolute Gasteiger partial charge is 0.382 e. The molecule has 19 nitrogen and oxygen atoms in total. The molecule has 84 heavy (non-hydrogen) atoms. The molecule has 432 valence electrons. The van der Waals surface area contributed by atoms with Gasteiger partial charge in [0, 0.05) is 93.1 Å². The van der Waals surface area contributed by atoms with Crippen LogP contribution in [0.5, 0.6) is 0 Å². The van der Waals surface area contributed by atoms with Crippen molar-refractivity contribution in [2.24, 2.45) is 0 Å². The molecule has 0 aliphatic carbocycles. The van der Waals surface area contributed by atoms with E-state index in [0.717, 1.165) is 29.7 Å². The molecule has 3 fully saturated rings. The molecule has 1 amide bonds. The van der Waals surface area contributed by atoms with Gasteiger partial charge in [-0.25, -0.2) is 41.7 Å². The van der Waals surface area contributed by atoms with Crippen LogP contribution >= 0.6 is 0 Å². The zero-order chi connectivity index (χ0) is 65.9. The van der Waals surface area contributed by atoms with Crippen LogP contribution in [0.15, 0.2) is 105 Å². The number of amides is 1. The Hall–Kier alpha value is -8.95. The van der Waals surface area contributed by atoms with Crippen molar-refractivity contribution in [2.45, 2.75) is 134 Å². The Morgan fingerprint density at radius 3 is 1.21 bits per heavy atom. The highest BCUT2D eigenvalue weighted by Crippen LogP contribution is 2.41. The molecule has 9 aromatic heterocycles. The number of hydrogen-bond acceptors (Lipinski definition) is 15. The van der Waals surface area contributed by atoms with Crippen LogP contribution in [0.2, 0.25) is 0 Å². The van der Waals surface area contributed by atoms with E-state index in [0.29, 0.717) is 107 Å². The third-order valence-electron chi connectivity index (χ3n) is 15.7. The van der Waals surface area contributed by atoms with E-state index in [2.05, 4.69) is 64.3 Å². The van der Waals surface area contributed by atoms with Crippen molar-refractivity contribution in [3.8, 4) is 0 Å². The van der Waals surface area contributed by atoms with Crippen molar-refractivity contribution in [2.75, 3.05) is 34.3 Å². The molecule has 6 aliphatic heterocycles. The van der Waals surface area contributed by atoms with Crippen molar-refractivity contribution in [3.63, 3.8) is 0 Å². The Bertz CT molecular complexity index is 4030. The quantitative estimate of drug-likeness (QED) is 0.130. The summed E-state index contributed by atoms with van der Waals surface area (Å²) in [4.78, 5) is 44.4. The predicted octanol–water partition coefficient (Wildman–Crippen LogP) is 9.67. The first-order valence-electron chi connectivity index (χ1n) is 32.6. The summed E-state index contributed by atoms with van der Waals surface area (Å²) >= 11 is 0. The molecule has 22 heteroatoms. The molecule has 9 aromatic rings. The zero-order valence-corrected chi connectivity index (χ0v) is 46.5. The second-order valence-corrected chi connectivity index (χ2v) is 21.6. The molecule has 6 aliphatic rings. The summed E-state index contributed by atoms with van der Waals surface area (Å²) in [6, 6.07) is 2.89. The lowest BCUT2D eigenvalue weighted by molar-refractivity contribution is 0.0939. The first kappa shape index (κ1) is 44.6. The van der Waals surface area contributed by atoms with Crippen LogP contribution in [-0.4, -0.2) is 102 Å². The van der Waals surface area contributed by atoms with Gasteiger partial charge in [-0.2, -0.15) is 15.3 Å². The zero-order valence-electron chi connectivity index (χ0n) is 55.5. The van der Waals surface area contributed by atoms with Gasteiger partial charge in [-0.15, -0.1) is 0 Å². The van der Waals surface area contributed by atoms with Crippen molar-refractivity contribution < 1.29 is 30.3 Å². The third-order valence-corrected chi connectivity index (χ3v) is 15.7. The van der Waals surface area contributed by atoms with Gasteiger partial charge in [0.25, 0.3) is 5.91 Å². The minimum atomic E-state index is -1.98. The minimum Gasteiger partial charge on any atom is -0.382 e. The van der Waals surface area contributed by atoms with Gasteiger partial charge in [0.1, 0.15) is 40.5 Å². The van der Waals surface area contributed by atoms with Crippen molar-refractivity contribution in [1.29, 1.82) is 0 Å². The highest BCUT2D eigenvalue weighted by molar-refractivity contribution is 6.00. The number of nitrogens with one attached hydrogen (secondary N) is 3. The molecule has 3 saturated heterocycles. The number of carbonyl (C=O) groups excluding carboxylic acids is 1. The number of aromatic nitrogens is 12. The number of nitrogens with zero attached hydrogens (tertiary/aromatic N) is 15. The van der Waals surface area contributed by atoms with Gasteiger partial charge in [-0.3, -0.25) is 19.7 Å². The fourth-order valence-electron chi connectivity index (χ4n) is 11.4. The van der Waals surface area contributed by atoms with Crippen LogP contribution in [0.1, 0.15) is 164 Å². The number of hydrogen-bond donors (Lipinski definition) is 3. The number of aryl methyl sites for hydroxylation is 3. The van der Waals surface area contributed by atoms with E-state index in [1.807, 2.05) is 20.8 Å². The van der Waals surface area contributed by atoms with Crippen LogP contribution in [0.4, 0.5) is 30.6 Å². The summed E-state index contributed by atoms with van der Waals surface area (Å²) in [6.07, 6.45) is 10.8. The van der Waals surface area contributed by atoms with Crippen LogP contribution in [0.3, 0.4) is 0 Å². The molecule has 3 N–H and O–H groups in total. The second-order valence-electron chi connectivity index (χ2n) is 21.6. The van der Waals surface area contributed by atoms with Crippen LogP contribution in [0, 0.1) is 17.5 Å². The lowest BCUT2D eigenvalue weighted by Crippen LogP contribution is -2.33. The van der Waals surface area contributed by atoms with Gasteiger partial charge >= 0.3 is 0 Å². The molecular weight excluding hydrogens is 1070 g/mol. The summed E-state index contributed by atoms with van der Waals surface area (Å²) < 4.78 is 128. The lowest BCUT2D eigenvalue weighted by Gasteiger charge is -2.27. The number of anilines is 3. The predicted molar refractivity (Wildman–Crippen MR) is 315 cm³/mol. The van der Waals surface area contributed by atoms with Crippen LogP contribution in [-0.2, 0) is 19.3 Å². The molecule has 6 bridgehead atoms. The van der Waals surface area contributed by atoms with Gasteiger partial charge in [-0.1, -0.05) is 13.2 Å². The summed E-state index contributed by atoms with van der Waals surface area (Å²) in [5.41, 5.74) is 6.76. The number of pyridine rings is 3. The fraction of sp³-hybridized carbons (Fsp3) is 0.387. The minimum absolute atomic E-state index is 0.0178. The number of carbonyl (C=O) groups is 1. The first-order chi connectivity index (χ1) is 44.1.